The van der Waals surface area contributed by atoms with E-state index in [9.17, 15) is 9.59 Å². The largest absolute Gasteiger partial charge is 0.460 e. The van der Waals surface area contributed by atoms with E-state index in [4.69, 9.17) is 19.2 Å². The summed E-state index contributed by atoms with van der Waals surface area (Å²) in [7, 11) is -0.667. The molecule has 0 aromatic heterocycles. The van der Waals surface area contributed by atoms with Gasteiger partial charge in [0.05, 0.1) is 12.8 Å². The van der Waals surface area contributed by atoms with Gasteiger partial charge < -0.3 is 24.9 Å². The third kappa shape index (κ3) is 24.9. The van der Waals surface area contributed by atoms with Crippen molar-refractivity contribution in [2.75, 3.05) is 13.2 Å². The second kappa shape index (κ2) is 13.1. The third-order valence-corrected chi connectivity index (χ3v) is 2.68. The third-order valence-electron chi connectivity index (χ3n) is 2.68. The SMILES string of the molecule is CB(N)O.CC(COCC(C)CC(=O)OC(C)(C)C)CC(=O)OC(C)(C)C. The highest BCUT2D eigenvalue weighted by molar-refractivity contribution is 6.44. The van der Waals surface area contributed by atoms with E-state index in [-0.39, 0.29) is 23.8 Å². The molecule has 7 nitrogen and oxygen atoms in total. The number of hydrogen-bond donors (Lipinski definition) is 2. The van der Waals surface area contributed by atoms with E-state index in [0.29, 0.717) is 26.1 Å². The van der Waals surface area contributed by atoms with Crippen LogP contribution in [0.25, 0.3) is 0 Å². The summed E-state index contributed by atoms with van der Waals surface area (Å²) in [5.41, 5.74) is 3.75. The standard InChI is InChI=1S/C18H34O5.CH6BNO/c1-13(9-15(19)22-17(3,4)5)11-21-12-14(2)10-16(20)23-18(6,7)8;1-2(3)4/h13-14H,9-12H2,1-8H3;4H,3H2,1H3. The first-order chi connectivity index (χ1) is 12.0. The van der Waals surface area contributed by atoms with E-state index in [1.54, 1.807) is 0 Å². The van der Waals surface area contributed by atoms with Gasteiger partial charge in [0.1, 0.15) is 11.2 Å². The Balaban J connectivity index is 0. The Morgan fingerprint density at radius 3 is 1.37 bits per heavy atom. The van der Waals surface area contributed by atoms with Crippen LogP contribution in [0.5, 0.6) is 0 Å². The van der Waals surface area contributed by atoms with Gasteiger partial charge in [-0.2, -0.15) is 0 Å². The van der Waals surface area contributed by atoms with Crippen LogP contribution in [-0.4, -0.2) is 48.4 Å². The molecule has 27 heavy (non-hydrogen) atoms. The number of rotatable bonds is 8. The summed E-state index contributed by atoms with van der Waals surface area (Å²) in [5.74, 6) is -0.261. The van der Waals surface area contributed by atoms with E-state index >= 15 is 0 Å². The average molecular weight is 389 g/mol. The van der Waals surface area contributed by atoms with Gasteiger partial charge >= 0.3 is 19.0 Å². The molecule has 0 aliphatic rings. The number of ether oxygens (including phenoxy) is 3. The molecule has 0 bridgehead atoms. The van der Waals surface area contributed by atoms with E-state index in [0.717, 1.165) is 0 Å². The van der Waals surface area contributed by atoms with Crippen LogP contribution in [0.3, 0.4) is 0 Å². The van der Waals surface area contributed by atoms with Gasteiger partial charge in [-0.15, -0.1) is 0 Å². The second-order valence-electron chi connectivity index (χ2n) is 9.07. The van der Waals surface area contributed by atoms with Crippen molar-refractivity contribution in [3.8, 4) is 0 Å². The predicted molar refractivity (Wildman–Crippen MR) is 108 cm³/mol. The molecule has 2 atom stereocenters. The quantitative estimate of drug-likeness (QED) is 0.485. The van der Waals surface area contributed by atoms with Crippen LogP contribution in [0.1, 0.15) is 68.2 Å². The van der Waals surface area contributed by atoms with Crippen molar-refractivity contribution >= 4 is 19.0 Å². The highest BCUT2D eigenvalue weighted by Gasteiger charge is 2.20. The van der Waals surface area contributed by atoms with Gasteiger partial charge in [0, 0.05) is 13.2 Å². The van der Waals surface area contributed by atoms with Crippen LogP contribution in [0.15, 0.2) is 0 Å². The fourth-order valence-electron chi connectivity index (χ4n) is 1.92. The first kappa shape index (κ1) is 28.1. The van der Waals surface area contributed by atoms with Crippen molar-refractivity contribution in [2.45, 2.75) is 86.3 Å². The summed E-state index contributed by atoms with van der Waals surface area (Å²) in [4.78, 5) is 23.4. The molecule has 0 rings (SSSR count). The molecule has 3 N–H and O–H groups in total. The van der Waals surface area contributed by atoms with Crippen molar-refractivity contribution in [1.29, 1.82) is 0 Å². The molecule has 0 radical (unpaired) electrons. The van der Waals surface area contributed by atoms with Gasteiger partial charge in [-0.25, -0.2) is 0 Å². The highest BCUT2D eigenvalue weighted by Crippen LogP contribution is 2.14. The van der Waals surface area contributed by atoms with Gasteiger partial charge in [0.2, 0.25) is 0 Å². The topological polar surface area (TPSA) is 108 Å². The fraction of sp³-hybridized carbons (Fsp3) is 0.895. The molecule has 0 aliphatic carbocycles. The maximum Gasteiger partial charge on any atom is 0.370 e. The zero-order chi connectivity index (χ0) is 21.8. The van der Waals surface area contributed by atoms with Crippen molar-refractivity contribution < 1.29 is 28.8 Å². The Labute approximate surface area is 165 Å². The average Bonchev–Trinajstić information content (AvgIpc) is 2.31. The normalized spacial score (nSPS) is 13.7. The summed E-state index contributed by atoms with van der Waals surface area (Å²) in [6, 6.07) is 0. The number of carbonyl (C=O) groups excluding carboxylic acids is 2. The minimum absolute atomic E-state index is 0.0820. The smallest absolute Gasteiger partial charge is 0.370 e. The molecule has 0 fully saturated rings. The van der Waals surface area contributed by atoms with Gasteiger partial charge in [-0.05, 0) is 60.2 Å². The first-order valence-corrected chi connectivity index (χ1v) is 9.47. The summed E-state index contributed by atoms with van der Waals surface area (Å²) in [6.45, 7) is 17.4. The summed E-state index contributed by atoms with van der Waals surface area (Å²) in [5, 5.41) is 7.83. The van der Waals surface area contributed by atoms with Gasteiger partial charge in [-0.1, -0.05) is 13.8 Å². The Morgan fingerprint density at radius 2 is 1.15 bits per heavy atom. The second-order valence-corrected chi connectivity index (χ2v) is 9.07. The van der Waals surface area contributed by atoms with Crippen molar-refractivity contribution in [3.05, 3.63) is 0 Å². The van der Waals surface area contributed by atoms with E-state index in [1.165, 1.54) is 6.82 Å². The molecule has 0 amide bonds. The highest BCUT2D eigenvalue weighted by atomic mass is 16.6. The lowest BCUT2D eigenvalue weighted by atomic mass is 9.92. The molecule has 0 saturated heterocycles. The molecule has 0 aromatic rings. The molecule has 0 aromatic carbocycles. The van der Waals surface area contributed by atoms with Crippen LogP contribution in [-0.2, 0) is 23.8 Å². The van der Waals surface area contributed by atoms with E-state index in [1.807, 2.05) is 55.4 Å². The van der Waals surface area contributed by atoms with Crippen LogP contribution in [0.2, 0.25) is 6.82 Å². The molecular weight excluding hydrogens is 349 g/mol. The summed E-state index contributed by atoms with van der Waals surface area (Å²) >= 11 is 0. The molecule has 0 spiro atoms. The Bertz CT molecular complexity index is 390. The van der Waals surface area contributed by atoms with E-state index < -0.39 is 18.3 Å². The number of esters is 2. The lowest BCUT2D eigenvalue weighted by Crippen LogP contribution is -2.26. The molecule has 0 aliphatic heterocycles. The van der Waals surface area contributed by atoms with Gasteiger partial charge in [0.15, 0.2) is 0 Å². The lowest BCUT2D eigenvalue weighted by Gasteiger charge is -2.22. The maximum atomic E-state index is 11.7. The molecule has 160 valence electrons. The molecule has 0 saturated carbocycles. The Morgan fingerprint density at radius 1 is 0.889 bits per heavy atom. The summed E-state index contributed by atoms with van der Waals surface area (Å²) < 4.78 is 16.2. The lowest BCUT2D eigenvalue weighted by molar-refractivity contribution is -0.156. The Kier molecular flexibility index (Phi) is 13.7. The van der Waals surface area contributed by atoms with Gasteiger partial charge in [0.25, 0.3) is 0 Å². The van der Waals surface area contributed by atoms with Crippen molar-refractivity contribution in [1.82, 2.24) is 0 Å². The van der Waals surface area contributed by atoms with Crippen molar-refractivity contribution in [3.63, 3.8) is 0 Å². The van der Waals surface area contributed by atoms with Crippen LogP contribution >= 0.6 is 0 Å². The molecular formula is C19H40BNO6. The van der Waals surface area contributed by atoms with E-state index in [2.05, 4.69) is 5.64 Å². The fourth-order valence-corrected chi connectivity index (χ4v) is 1.92. The Hall–Kier alpha value is -1.12. The molecule has 0 heterocycles. The molecule has 2 unspecified atom stereocenters. The minimum Gasteiger partial charge on any atom is -0.460 e. The predicted octanol–water partition coefficient (Wildman–Crippen LogP) is 2.79. The van der Waals surface area contributed by atoms with Crippen LogP contribution in [0.4, 0.5) is 0 Å². The first-order valence-electron chi connectivity index (χ1n) is 9.47. The molecule has 8 heteroatoms. The van der Waals surface area contributed by atoms with Crippen LogP contribution < -0.4 is 5.64 Å². The number of carbonyl (C=O) groups is 2. The summed E-state index contributed by atoms with van der Waals surface area (Å²) in [6.07, 6.45) is 0.662. The zero-order valence-corrected chi connectivity index (χ0v) is 18.6. The number of hydrogen-bond acceptors (Lipinski definition) is 7. The van der Waals surface area contributed by atoms with Crippen molar-refractivity contribution in [2.24, 2.45) is 17.5 Å². The van der Waals surface area contributed by atoms with Crippen LogP contribution in [0, 0.1) is 11.8 Å². The minimum atomic E-state index is -0.667. The monoisotopic (exact) mass is 389 g/mol. The maximum absolute atomic E-state index is 11.7. The van der Waals surface area contributed by atoms with Gasteiger partial charge in [-0.3, -0.25) is 9.59 Å². The zero-order valence-electron chi connectivity index (χ0n) is 18.6. The number of nitrogens with two attached hydrogens (primary N) is 1.